The number of primary amides is 3. The zero-order valence-corrected chi connectivity index (χ0v) is 88.2. The number of nitrogens with two attached hydrogens (primary N) is 4. The number of fused-ring (bicyclic) bond motifs is 3. The third kappa shape index (κ3) is 33.2. The minimum absolute atomic E-state index is 0. The number of aliphatic hydroxyl groups is 1. The van der Waals surface area contributed by atoms with Crippen molar-refractivity contribution in [2.45, 2.75) is 357 Å². The Morgan fingerprint density at radius 3 is 1.03 bits per heavy atom. The number of ether oxygens (including phenoxy) is 6. The number of carboxylic acids is 1. The number of carboxylic acid groups (broad SMARTS) is 1. The Kier molecular flexibility index (Phi) is 49.7. The molecule has 140 heavy (non-hydrogen) atoms. The minimum Gasteiger partial charge on any atom is -0.746 e. The Bertz CT molecular complexity index is 4900. The molecule has 0 aliphatic heterocycles. The van der Waals surface area contributed by atoms with Crippen LogP contribution in [0, 0.1) is 47.3 Å². The molecule has 1 unspecified atom stereocenters. The van der Waals surface area contributed by atoms with Crippen LogP contribution in [0.1, 0.15) is 341 Å². The molecule has 27 heteroatoms. The number of aldehydes is 1. The van der Waals surface area contributed by atoms with Gasteiger partial charge in [-0.15, -0.1) is 0 Å². The number of rotatable bonds is 43. The number of hydrogen-bond acceptors (Lipinski definition) is 21. The second-order valence-corrected chi connectivity index (χ2v) is 41.7. The molecule has 4 saturated carbocycles. The van der Waals surface area contributed by atoms with Crippen molar-refractivity contribution in [3.63, 3.8) is 0 Å². The van der Waals surface area contributed by atoms with Crippen molar-refractivity contribution in [2.75, 3.05) is 34.4 Å². The molecule has 4 fully saturated rings. The molecule has 11 atom stereocenters. The predicted molar refractivity (Wildman–Crippen MR) is 542 cm³/mol. The van der Waals surface area contributed by atoms with E-state index in [2.05, 4.69) is 52.2 Å². The number of esters is 3. The van der Waals surface area contributed by atoms with Gasteiger partial charge < -0.3 is 81.5 Å². The molecule has 0 aromatic heterocycles. The van der Waals surface area contributed by atoms with Gasteiger partial charge in [0.25, 0.3) is 0 Å². The van der Waals surface area contributed by atoms with Crippen LogP contribution in [-0.4, -0.2) is 147 Å². The maximum atomic E-state index is 13.4. The number of carbonyl (C=O) groups excluding carboxylic acids is 7. The van der Waals surface area contributed by atoms with E-state index < -0.39 is 57.6 Å². The Hall–Kier alpha value is -8.09. The molecule has 12 N–H and O–H groups in total. The van der Waals surface area contributed by atoms with Gasteiger partial charge in [0, 0.05) is 98.1 Å². The van der Waals surface area contributed by atoms with Crippen LogP contribution in [0.3, 0.4) is 0 Å². The predicted octanol–water partition coefficient (Wildman–Crippen LogP) is 15.7. The Morgan fingerprint density at radius 1 is 0.429 bits per heavy atom. The van der Waals surface area contributed by atoms with Gasteiger partial charge in [0.15, 0.2) is 0 Å². The van der Waals surface area contributed by atoms with Gasteiger partial charge in [-0.2, -0.15) is 0 Å². The van der Waals surface area contributed by atoms with Gasteiger partial charge in [0.2, 0.25) is 17.7 Å². The van der Waals surface area contributed by atoms with Crippen LogP contribution < -0.4 is 63.1 Å². The van der Waals surface area contributed by atoms with Crippen LogP contribution >= 0.6 is 0 Å². The van der Waals surface area contributed by atoms with Gasteiger partial charge in [-0.1, -0.05) is 279 Å². The van der Waals surface area contributed by atoms with Gasteiger partial charge in [0.05, 0.1) is 42.0 Å². The summed E-state index contributed by atoms with van der Waals surface area (Å²) in [5.74, 6) is -2.24. The van der Waals surface area contributed by atoms with Crippen LogP contribution in [0.15, 0.2) is 146 Å². The summed E-state index contributed by atoms with van der Waals surface area (Å²) in [6.07, 6.45) is 36.5. The maximum Gasteiger partial charge on any atom is 1.00 e. The molecule has 0 radical (unpaired) electrons. The van der Waals surface area contributed by atoms with E-state index in [4.69, 9.17) is 51.4 Å². The van der Waals surface area contributed by atoms with Crippen molar-refractivity contribution >= 4 is 58.0 Å². The molecule has 25 nitrogen and oxygen atoms in total. The van der Waals surface area contributed by atoms with Crippen LogP contribution in [-0.2, 0) is 118 Å². The van der Waals surface area contributed by atoms with Gasteiger partial charge in [-0.05, 0) is 207 Å². The second-order valence-electron chi connectivity index (χ2n) is 40.2. The number of aliphatic carboxylic acids is 1. The Morgan fingerprint density at radius 2 is 0.721 bits per heavy atom. The number of nitrogens with one attached hydrogen (secondary N) is 2. The molecule has 6 aromatic rings. The summed E-state index contributed by atoms with van der Waals surface area (Å²) in [7, 11) is 0.404. The number of aliphatic hydroxyl groups excluding tert-OH is 1. The van der Waals surface area contributed by atoms with Gasteiger partial charge in [-0.25, -0.2) is 8.42 Å². The quantitative estimate of drug-likeness (QED) is 0.00579. The van der Waals surface area contributed by atoms with E-state index in [-0.39, 0.29) is 125 Å². The summed E-state index contributed by atoms with van der Waals surface area (Å²) >= 11 is 0. The third-order valence-corrected chi connectivity index (χ3v) is 32.9. The molecule has 766 valence electrons. The molecule has 3 amide bonds. The average molecular weight is 1960 g/mol. The van der Waals surface area contributed by atoms with E-state index in [1.165, 1.54) is 130 Å². The SMILES string of the molecule is CCC1(CC)c2cc(C(N)=O)ccc2C[C@H](OC)[C@H]1N.CCC1(CC)c2cc(C(N)=O)ccc2C[C@H](OC)[C@H]1NCC[C@H](CC1CCCCC1)C(=O)O.CCC1(CC)c2cc(C(N)=O)ccc2C[C@H](OC)[C@H]1NCC[C@H](CC1CCCCC1)C(=O)OCc1ccccc1.O=C(OCc1ccccc1)[C@@H](CC1CCCCC1)CC(O)S(=O)(=O)[O-].O=CC[C@H](CC1CCCCC1)C(=O)OCc1ccccc1.[Na+]. The smallest absolute Gasteiger partial charge is 0.746 e. The molecule has 6 aromatic carbocycles. The van der Waals surface area contributed by atoms with Gasteiger partial charge in [-0.3, -0.25) is 33.6 Å². The van der Waals surface area contributed by atoms with E-state index in [0.717, 1.165) is 139 Å². The molecular weight excluding hydrogens is 1800 g/mol. The van der Waals surface area contributed by atoms with Crippen LogP contribution in [0.2, 0.25) is 0 Å². The van der Waals surface area contributed by atoms with Crippen LogP contribution in [0.4, 0.5) is 0 Å². The van der Waals surface area contributed by atoms with Crippen molar-refractivity contribution in [2.24, 2.45) is 70.3 Å². The average Bonchev–Trinajstić information content (AvgIpc) is 0.747. The van der Waals surface area contributed by atoms with Crippen molar-refractivity contribution in [1.29, 1.82) is 0 Å². The van der Waals surface area contributed by atoms with Crippen molar-refractivity contribution in [3.8, 4) is 0 Å². The number of methoxy groups -OCH3 is 3. The number of carbonyl (C=O) groups is 8. The fraction of sp³-hybridized carbons (Fsp3) is 0.611. The first-order valence-electron chi connectivity index (χ1n) is 51.9. The first-order chi connectivity index (χ1) is 66.9. The van der Waals surface area contributed by atoms with Crippen LogP contribution in [0.25, 0.3) is 0 Å². The summed E-state index contributed by atoms with van der Waals surface area (Å²) in [6, 6.07) is 46.1. The first-order valence-corrected chi connectivity index (χ1v) is 53.4. The molecule has 0 saturated heterocycles. The van der Waals surface area contributed by atoms with Crippen LogP contribution in [0.5, 0.6) is 0 Å². The summed E-state index contributed by atoms with van der Waals surface area (Å²) in [5, 5.41) is 27.0. The topological polar surface area (TPSA) is 418 Å². The molecule has 7 aliphatic rings. The Labute approximate surface area is 856 Å². The summed E-state index contributed by atoms with van der Waals surface area (Å²) in [5.41, 5.74) is 32.1. The second kappa shape index (κ2) is 59.4. The fourth-order valence-electron chi connectivity index (χ4n) is 23.7. The summed E-state index contributed by atoms with van der Waals surface area (Å²) < 4.78 is 67.1. The largest absolute Gasteiger partial charge is 1.00 e. The molecular formula is C113H163N6NaO19S. The minimum atomic E-state index is -4.84. The molecule has 0 heterocycles. The van der Waals surface area contributed by atoms with E-state index in [9.17, 15) is 61.5 Å². The monoisotopic (exact) mass is 1960 g/mol. The van der Waals surface area contributed by atoms with E-state index in [0.29, 0.717) is 79.5 Å². The van der Waals surface area contributed by atoms with Crippen molar-refractivity contribution < 1.29 is 120 Å². The zero-order valence-electron chi connectivity index (χ0n) is 85.3. The number of benzene rings is 6. The Balaban J connectivity index is 0.000000219. The van der Waals surface area contributed by atoms with Gasteiger partial charge in [0.1, 0.15) is 41.7 Å². The summed E-state index contributed by atoms with van der Waals surface area (Å²) in [4.78, 5) is 96.2. The van der Waals surface area contributed by atoms with E-state index >= 15 is 0 Å². The molecule has 7 aliphatic carbocycles. The maximum absolute atomic E-state index is 13.4. The third-order valence-electron chi connectivity index (χ3n) is 32.0. The van der Waals surface area contributed by atoms with Gasteiger partial charge >= 0.3 is 53.4 Å². The zero-order chi connectivity index (χ0) is 101. The fourth-order valence-corrected chi connectivity index (χ4v) is 24.1. The molecule has 0 spiro atoms. The molecule has 13 rings (SSSR count). The van der Waals surface area contributed by atoms with Crippen molar-refractivity contribution in [3.05, 3.63) is 212 Å². The molecule has 0 bridgehead atoms. The number of amides is 3. The normalized spacial score (nSPS) is 21.0. The number of hydrogen-bond donors (Lipinski definition) is 8. The first kappa shape index (κ1) is 117. The van der Waals surface area contributed by atoms with E-state index in [1.807, 2.05) is 133 Å². The van der Waals surface area contributed by atoms with E-state index in [1.54, 1.807) is 33.5 Å². The van der Waals surface area contributed by atoms with Crippen molar-refractivity contribution in [1.82, 2.24) is 10.6 Å². The summed E-state index contributed by atoms with van der Waals surface area (Å²) in [6.45, 7) is 15.1. The standard InChI is InChI=1S/C34H48N2O4.C27H42N2O4.C18H26O6S.C18H24O3.C16H24N2O2.Na/c1-4-34(5-2)29-21-27(32(35)37)17-16-26(29)22-30(39-3)31(34)36-19-18-28(20-24-12-8-6-9-13-24)33(38)40-23-25-14-10-7-11-15-25;1-4-27(5-2)22-16-20(25(28)30)12-11-19(22)17-23(33-3)24(27)29-14-13-21(26(31)32)15-18-9-7-6-8-10-18;19-17(25(21,22)23)12-16(11-14-7-3-1-4-8-14)18(20)24-13-15-9-5-2-6-10-15;19-12-11-17(13-15-7-3-1-4-8-15)18(20)21-14-16-9-5-2-6-10-16;1-4-16(5-2)12-8-11(15(18)19)7-6-10(12)9-13(20-3)14(16)17;/h7,10-11,14-17,21,24,28,30-31,36H,4-6,8-9,12-13,18-20,22-23H2,1-3H3,(H2,35,37);11-12,16,18,21,23-24,29H,4-10,13-15,17H2,1-3H3,(H2,28,30)(H,31,32);2,5-6,9-10,14,16-17,19H,1,3-4,7-8,11-13H2,(H,21,22,23);2,5-6,9-10,12,15,17H,1,3-4,7-8,11,13-14H2;6-8,13-14H,4-5,9,17H2,1-3H3,(H2,18,19);/q;;;;;+1/p-1/t28-,30+,31-;21-,23+,24-;16-,17?;17-;13-,14+;/m11010./s1.